The van der Waals surface area contributed by atoms with Crippen molar-refractivity contribution in [2.24, 2.45) is 5.73 Å². The number of methoxy groups -OCH3 is 1. The normalized spacial score (nSPS) is 19.6. The molecule has 0 radical (unpaired) electrons. The second-order valence-corrected chi connectivity index (χ2v) is 7.77. The van der Waals surface area contributed by atoms with Crippen LogP contribution in [0.15, 0.2) is 29.1 Å². The molecule has 0 atom stereocenters. The molecule has 9 nitrogen and oxygen atoms in total. The molecule has 3 heterocycles. The molecule has 0 unspecified atom stereocenters. The molecule has 2 saturated heterocycles. The highest BCUT2D eigenvalue weighted by molar-refractivity contribution is 5.88. The molecule has 9 heteroatoms. The van der Waals surface area contributed by atoms with Gasteiger partial charge in [-0.15, -0.1) is 0 Å². The summed E-state index contributed by atoms with van der Waals surface area (Å²) in [6.45, 7) is 3.19. The van der Waals surface area contributed by atoms with Crippen molar-refractivity contribution in [3.8, 4) is 0 Å². The van der Waals surface area contributed by atoms with Crippen LogP contribution in [0.25, 0.3) is 11.0 Å². The average Bonchev–Trinajstić information content (AvgIpc) is 3.05. The van der Waals surface area contributed by atoms with E-state index in [2.05, 4.69) is 4.90 Å². The molecule has 0 aliphatic carbocycles. The van der Waals surface area contributed by atoms with Gasteiger partial charge >= 0.3 is 17.8 Å². The summed E-state index contributed by atoms with van der Waals surface area (Å²) in [5, 5.41) is 0. The SMILES string of the molecule is COC(=O)N1CCC(N2CCC(n3c(=O)n(C(N)=O)c4ccccc43)CC2)CC1. The molecule has 2 aliphatic heterocycles. The number of benzene rings is 1. The van der Waals surface area contributed by atoms with Crippen LogP contribution < -0.4 is 11.4 Å². The zero-order valence-corrected chi connectivity index (χ0v) is 16.6. The third-order valence-electron chi connectivity index (χ3n) is 6.28. The molecule has 0 saturated carbocycles. The number of carbonyl (C=O) groups is 2. The van der Waals surface area contributed by atoms with E-state index in [9.17, 15) is 14.4 Å². The van der Waals surface area contributed by atoms with Gasteiger partial charge in [0.15, 0.2) is 0 Å². The van der Waals surface area contributed by atoms with Crippen LogP contribution in [0, 0.1) is 0 Å². The minimum absolute atomic E-state index is 0.0411. The Kier molecular flexibility index (Phi) is 5.31. The maximum Gasteiger partial charge on any atom is 0.409 e. The fourth-order valence-electron chi connectivity index (χ4n) is 4.79. The van der Waals surface area contributed by atoms with E-state index in [1.54, 1.807) is 21.6 Å². The Bertz CT molecular complexity index is 965. The first-order valence-corrected chi connectivity index (χ1v) is 10.1. The van der Waals surface area contributed by atoms with Crippen molar-refractivity contribution in [2.45, 2.75) is 37.8 Å². The van der Waals surface area contributed by atoms with E-state index in [-0.39, 0.29) is 17.8 Å². The zero-order valence-electron chi connectivity index (χ0n) is 16.6. The van der Waals surface area contributed by atoms with E-state index in [4.69, 9.17) is 10.5 Å². The van der Waals surface area contributed by atoms with E-state index in [0.29, 0.717) is 24.6 Å². The van der Waals surface area contributed by atoms with Crippen LogP contribution in [0.4, 0.5) is 9.59 Å². The van der Waals surface area contributed by atoms with Gasteiger partial charge in [-0.25, -0.2) is 19.0 Å². The van der Waals surface area contributed by atoms with Crippen molar-refractivity contribution in [3.05, 3.63) is 34.7 Å². The standard InChI is InChI=1S/C20H27N5O4/c1-29-20(28)23-12-6-14(7-13-23)22-10-8-15(9-11-22)24-16-4-2-3-5-17(16)25(18(21)26)19(24)27/h2-5,14-15H,6-13H2,1H3,(H2,21,26). The van der Waals surface area contributed by atoms with E-state index in [1.165, 1.54) is 7.11 Å². The lowest BCUT2D eigenvalue weighted by molar-refractivity contribution is 0.0686. The smallest absolute Gasteiger partial charge is 0.409 e. The van der Waals surface area contributed by atoms with Crippen LogP contribution in [-0.4, -0.2) is 70.4 Å². The number of primary amides is 1. The fraction of sp³-hybridized carbons (Fsp3) is 0.550. The second kappa shape index (κ2) is 7.90. The van der Waals surface area contributed by atoms with Gasteiger partial charge in [0, 0.05) is 38.3 Å². The average molecular weight is 401 g/mol. The molecular weight excluding hydrogens is 374 g/mol. The van der Waals surface area contributed by atoms with Crippen molar-refractivity contribution in [1.29, 1.82) is 0 Å². The molecule has 2 N–H and O–H groups in total. The molecule has 2 fully saturated rings. The molecular formula is C20H27N5O4. The maximum absolute atomic E-state index is 12.9. The summed E-state index contributed by atoms with van der Waals surface area (Å²) in [5.41, 5.74) is 6.40. The molecule has 2 aromatic rings. The number of hydrogen-bond acceptors (Lipinski definition) is 5. The number of carbonyl (C=O) groups excluding carboxylic acids is 2. The van der Waals surface area contributed by atoms with Crippen LogP contribution >= 0.6 is 0 Å². The number of hydrogen-bond donors (Lipinski definition) is 1. The molecule has 4 rings (SSSR count). The van der Waals surface area contributed by atoms with Gasteiger partial charge in [-0.2, -0.15) is 0 Å². The Morgan fingerprint density at radius 1 is 0.966 bits per heavy atom. The van der Waals surface area contributed by atoms with Gasteiger partial charge in [0.25, 0.3) is 0 Å². The number of piperidine rings is 2. The number of amides is 2. The highest BCUT2D eigenvalue weighted by Crippen LogP contribution is 2.28. The van der Waals surface area contributed by atoms with Gasteiger partial charge in [-0.05, 0) is 37.8 Å². The number of ether oxygens (including phenoxy) is 1. The monoisotopic (exact) mass is 401 g/mol. The second-order valence-electron chi connectivity index (χ2n) is 7.77. The molecule has 0 spiro atoms. The molecule has 2 aliphatic rings. The number of nitrogens with zero attached hydrogens (tertiary/aromatic N) is 4. The Morgan fingerprint density at radius 2 is 1.55 bits per heavy atom. The van der Waals surface area contributed by atoms with Gasteiger partial charge in [0.1, 0.15) is 0 Å². The van der Waals surface area contributed by atoms with Gasteiger partial charge in [0.05, 0.1) is 18.1 Å². The lowest BCUT2D eigenvalue weighted by atomic mass is 9.97. The minimum atomic E-state index is -0.750. The molecule has 2 amide bonds. The van der Waals surface area contributed by atoms with Crippen LogP contribution in [0.2, 0.25) is 0 Å². The number of rotatable bonds is 2. The summed E-state index contributed by atoms with van der Waals surface area (Å²) in [4.78, 5) is 40.6. The molecule has 156 valence electrons. The maximum atomic E-state index is 12.9. The molecule has 1 aromatic heterocycles. The predicted octanol–water partition coefficient (Wildman–Crippen LogP) is 1.60. The fourth-order valence-corrected chi connectivity index (χ4v) is 4.79. The van der Waals surface area contributed by atoms with E-state index < -0.39 is 6.03 Å². The van der Waals surface area contributed by atoms with Crippen molar-refractivity contribution in [1.82, 2.24) is 18.9 Å². The number of likely N-dealkylation sites (tertiary alicyclic amines) is 2. The first-order valence-electron chi connectivity index (χ1n) is 10.1. The van der Waals surface area contributed by atoms with E-state index in [1.807, 2.05) is 12.1 Å². The highest BCUT2D eigenvalue weighted by atomic mass is 16.5. The van der Waals surface area contributed by atoms with Crippen LogP contribution in [-0.2, 0) is 4.74 Å². The molecule has 29 heavy (non-hydrogen) atoms. The number of nitrogens with two attached hydrogens (primary N) is 1. The lowest BCUT2D eigenvalue weighted by Crippen LogP contribution is -2.49. The lowest BCUT2D eigenvalue weighted by Gasteiger charge is -2.41. The third-order valence-corrected chi connectivity index (χ3v) is 6.28. The van der Waals surface area contributed by atoms with Crippen molar-refractivity contribution >= 4 is 23.2 Å². The van der Waals surface area contributed by atoms with Gasteiger partial charge < -0.3 is 20.3 Å². The number of para-hydroxylation sites is 2. The first kappa shape index (κ1) is 19.5. The number of fused-ring (bicyclic) bond motifs is 1. The summed E-state index contributed by atoms with van der Waals surface area (Å²) in [6, 6.07) is 7.02. The van der Waals surface area contributed by atoms with Crippen molar-refractivity contribution in [2.75, 3.05) is 33.3 Å². The van der Waals surface area contributed by atoms with Gasteiger partial charge in [-0.1, -0.05) is 12.1 Å². The van der Waals surface area contributed by atoms with Crippen LogP contribution in [0.1, 0.15) is 31.7 Å². The van der Waals surface area contributed by atoms with Crippen molar-refractivity contribution in [3.63, 3.8) is 0 Å². The quantitative estimate of drug-likeness (QED) is 0.823. The summed E-state index contributed by atoms with van der Waals surface area (Å²) in [6.07, 6.45) is 3.28. The number of aromatic nitrogens is 2. The summed E-state index contributed by atoms with van der Waals surface area (Å²) < 4.78 is 7.60. The number of imidazole rings is 1. The van der Waals surface area contributed by atoms with E-state index >= 15 is 0 Å². The summed E-state index contributed by atoms with van der Waals surface area (Å²) in [7, 11) is 1.41. The Hall–Kier alpha value is -2.81. The largest absolute Gasteiger partial charge is 0.453 e. The van der Waals surface area contributed by atoms with Crippen molar-refractivity contribution < 1.29 is 14.3 Å². The topological polar surface area (TPSA) is 103 Å². The van der Waals surface area contributed by atoms with Crippen LogP contribution in [0.5, 0.6) is 0 Å². The molecule has 0 bridgehead atoms. The van der Waals surface area contributed by atoms with E-state index in [0.717, 1.165) is 48.9 Å². The first-order chi connectivity index (χ1) is 14.0. The zero-order chi connectivity index (χ0) is 20.5. The summed E-state index contributed by atoms with van der Waals surface area (Å²) >= 11 is 0. The predicted molar refractivity (Wildman–Crippen MR) is 108 cm³/mol. The Morgan fingerprint density at radius 3 is 2.14 bits per heavy atom. The van der Waals surface area contributed by atoms with Crippen LogP contribution in [0.3, 0.4) is 0 Å². The molecule has 1 aromatic carbocycles. The Balaban J connectivity index is 1.46. The third kappa shape index (κ3) is 3.50. The Labute approximate surface area is 168 Å². The highest BCUT2D eigenvalue weighted by Gasteiger charge is 2.32. The van der Waals surface area contributed by atoms with Gasteiger partial charge in [-0.3, -0.25) is 4.57 Å². The summed E-state index contributed by atoms with van der Waals surface area (Å²) in [5.74, 6) is 0. The minimum Gasteiger partial charge on any atom is -0.453 e. The van der Waals surface area contributed by atoms with Gasteiger partial charge in [0.2, 0.25) is 0 Å².